The van der Waals surface area contributed by atoms with Crippen LogP contribution in [0.3, 0.4) is 0 Å². The Hall–Kier alpha value is -1.46. The maximum absolute atomic E-state index is 9.75. The summed E-state index contributed by atoms with van der Waals surface area (Å²) >= 11 is 0. The van der Waals surface area contributed by atoms with Gasteiger partial charge in [-0.15, -0.1) is 11.8 Å². The monoisotopic (exact) mass is 217 g/mol. The van der Waals surface area contributed by atoms with Crippen molar-refractivity contribution in [3.63, 3.8) is 0 Å². The van der Waals surface area contributed by atoms with E-state index in [0.29, 0.717) is 5.75 Å². The first-order valence-corrected chi connectivity index (χ1v) is 5.70. The smallest absolute Gasteiger partial charge is 0.120 e. The van der Waals surface area contributed by atoms with Gasteiger partial charge in [-0.1, -0.05) is 25.1 Å². The molecule has 0 radical (unpaired) electrons. The molecule has 1 unspecified atom stereocenters. The lowest BCUT2D eigenvalue weighted by atomic mass is 10.0. The zero-order valence-corrected chi connectivity index (χ0v) is 9.96. The number of hydrogen-bond acceptors (Lipinski definition) is 2. The van der Waals surface area contributed by atoms with Gasteiger partial charge in [-0.25, -0.2) is 0 Å². The zero-order chi connectivity index (χ0) is 11.8. The molecule has 0 amide bonds. The van der Waals surface area contributed by atoms with Crippen LogP contribution in [0.25, 0.3) is 0 Å². The Morgan fingerprint density at radius 1 is 1.38 bits per heavy atom. The molecule has 0 saturated carbocycles. The van der Waals surface area contributed by atoms with Gasteiger partial charge in [-0.2, -0.15) is 0 Å². The van der Waals surface area contributed by atoms with Gasteiger partial charge in [0.15, 0.2) is 0 Å². The molecule has 0 spiro atoms. The second-order valence-corrected chi connectivity index (χ2v) is 3.65. The molecule has 2 nitrogen and oxygen atoms in total. The van der Waals surface area contributed by atoms with Gasteiger partial charge in [0.05, 0.1) is 0 Å². The largest absolute Gasteiger partial charge is 0.508 e. The third-order valence-corrected chi connectivity index (χ3v) is 2.54. The number of rotatable bonds is 5. The van der Waals surface area contributed by atoms with Gasteiger partial charge in [0, 0.05) is 24.6 Å². The highest BCUT2D eigenvalue weighted by Crippen LogP contribution is 2.25. The molecule has 1 aromatic rings. The van der Waals surface area contributed by atoms with Gasteiger partial charge in [0.25, 0.3) is 0 Å². The van der Waals surface area contributed by atoms with Crippen LogP contribution in [0.5, 0.6) is 5.75 Å². The fourth-order valence-electron chi connectivity index (χ4n) is 1.69. The van der Waals surface area contributed by atoms with E-state index in [0.717, 1.165) is 24.9 Å². The molecule has 2 heteroatoms. The van der Waals surface area contributed by atoms with Crippen LogP contribution in [0.2, 0.25) is 0 Å². The summed E-state index contributed by atoms with van der Waals surface area (Å²) in [6.07, 6.45) is 1.80. The molecule has 0 fully saturated rings. The highest BCUT2D eigenvalue weighted by Gasteiger charge is 2.11. The van der Waals surface area contributed by atoms with Crippen LogP contribution in [-0.2, 0) is 0 Å². The minimum Gasteiger partial charge on any atom is -0.508 e. The zero-order valence-electron chi connectivity index (χ0n) is 9.96. The number of para-hydroxylation sites is 1. The summed E-state index contributed by atoms with van der Waals surface area (Å²) in [5.41, 5.74) is 0.967. The van der Waals surface area contributed by atoms with E-state index in [4.69, 9.17) is 0 Å². The standard InChI is InChI=1S/C14H19NO/c1-3-5-8-11-15-13(4-2)12-9-6-7-10-14(12)16/h6-7,9-10,13,15-16H,4,8,11H2,1-2H3. The van der Waals surface area contributed by atoms with E-state index in [1.807, 2.05) is 25.1 Å². The SMILES string of the molecule is CC#CCCNC(CC)c1ccccc1O. The minimum absolute atomic E-state index is 0.208. The first-order valence-electron chi connectivity index (χ1n) is 5.70. The van der Waals surface area contributed by atoms with Crippen molar-refractivity contribution in [1.29, 1.82) is 0 Å². The second-order valence-electron chi connectivity index (χ2n) is 3.65. The van der Waals surface area contributed by atoms with E-state index in [9.17, 15) is 5.11 Å². The molecule has 86 valence electrons. The van der Waals surface area contributed by atoms with E-state index >= 15 is 0 Å². The van der Waals surface area contributed by atoms with Crippen LogP contribution in [0.1, 0.15) is 38.3 Å². The minimum atomic E-state index is 0.208. The molecule has 0 aliphatic heterocycles. The molecule has 1 aromatic carbocycles. The van der Waals surface area contributed by atoms with Gasteiger partial charge in [0.2, 0.25) is 0 Å². The van der Waals surface area contributed by atoms with Gasteiger partial charge in [-0.3, -0.25) is 0 Å². The van der Waals surface area contributed by atoms with Crippen molar-refractivity contribution in [2.24, 2.45) is 0 Å². The van der Waals surface area contributed by atoms with Crippen molar-refractivity contribution in [2.75, 3.05) is 6.54 Å². The topological polar surface area (TPSA) is 32.3 Å². The third kappa shape index (κ3) is 3.60. The Morgan fingerprint density at radius 3 is 2.75 bits per heavy atom. The van der Waals surface area contributed by atoms with Crippen molar-refractivity contribution >= 4 is 0 Å². The summed E-state index contributed by atoms with van der Waals surface area (Å²) < 4.78 is 0. The number of nitrogens with one attached hydrogen (secondary N) is 1. The number of phenols is 1. The van der Waals surface area contributed by atoms with Crippen LogP contribution in [0.4, 0.5) is 0 Å². The van der Waals surface area contributed by atoms with E-state index in [1.165, 1.54) is 0 Å². The fraction of sp³-hybridized carbons (Fsp3) is 0.429. The summed E-state index contributed by atoms with van der Waals surface area (Å²) in [4.78, 5) is 0. The molecular weight excluding hydrogens is 198 g/mol. The Balaban J connectivity index is 2.59. The normalized spacial score (nSPS) is 11.6. The van der Waals surface area contributed by atoms with Crippen LogP contribution in [0.15, 0.2) is 24.3 Å². The summed E-state index contributed by atoms with van der Waals surface area (Å²) in [5, 5.41) is 13.1. The Morgan fingerprint density at radius 2 is 2.12 bits per heavy atom. The molecule has 1 rings (SSSR count). The van der Waals surface area contributed by atoms with Crippen LogP contribution < -0.4 is 5.32 Å². The predicted octanol–water partition coefficient (Wildman–Crippen LogP) is 2.85. The van der Waals surface area contributed by atoms with Gasteiger partial charge >= 0.3 is 0 Å². The van der Waals surface area contributed by atoms with Crippen LogP contribution in [0, 0.1) is 11.8 Å². The van der Waals surface area contributed by atoms with E-state index in [-0.39, 0.29) is 6.04 Å². The second kappa shape index (κ2) is 6.92. The maximum atomic E-state index is 9.75. The summed E-state index contributed by atoms with van der Waals surface area (Å²) in [6, 6.07) is 7.69. The van der Waals surface area contributed by atoms with E-state index in [1.54, 1.807) is 6.07 Å². The van der Waals surface area contributed by atoms with Crippen LogP contribution in [-0.4, -0.2) is 11.7 Å². The molecule has 0 aromatic heterocycles. The number of benzene rings is 1. The van der Waals surface area contributed by atoms with Crippen molar-refractivity contribution in [1.82, 2.24) is 5.32 Å². The average Bonchev–Trinajstić information content (AvgIpc) is 2.31. The Kier molecular flexibility index (Phi) is 5.45. The maximum Gasteiger partial charge on any atom is 0.120 e. The Labute approximate surface area is 97.7 Å². The highest BCUT2D eigenvalue weighted by atomic mass is 16.3. The molecular formula is C14H19NO. The molecule has 0 heterocycles. The summed E-state index contributed by atoms with van der Waals surface area (Å²) in [5.74, 6) is 6.25. The predicted molar refractivity (Wildman–Crippen MR) is 67.2 cm³/mol. The number of aromatic hydroxyl groups is 1. The summed E-state index contributed by atoms with van der Waals surface area (Å²) in [6.45, 7) is 4.81. The van der Waals surface area contributed by atoms with E-state index in [2.05, 4.69) is 24.1 Å². The molecule has 16 heavy (non-hydrogen) atoms. The third-order valence-electron chi connectivity index (χ3n) is 2.54. The molecule has 0 saturated heterocycles. The molecule has 0 bridgehead atoms. The molecule has 1 atom stereocenters. The summed E-state index contributed by atoms with van der Waals surface area (Å²) in [7, 11) is 0. The Bertz CT molecular complexity index is 376. The quantitative estimate of drug-likeness (QED) is 0.587. The lowest BCUT2D eigenvalue weighted by Crippen LogP contribution is -2.21. The van der Waals surface area contributed by atoms with Gasteiger partial charge in [-0.05, 0) is 19.4 Å². The lowest BCUT2D eigenvalue weighted by Gasteiger charge is -2.17. The number of phenolic OH excluding ortho intramolecular Hbond substituents is 1. The fourth-order valence-corrected chi connectivity index (χ4v) is 1.69. The van der Waals surface area contributed by atoms with Crippen molar-refractivity contribution in [2.45, 2.75) is 32.7 Å². The average molecular weight is 217 g/mol. The van der Waals surface area contributed by atoms with Crippen molar-refractivity contribution < 1.29 is 5.11 Å². The first kappa shape index (κ1) is 12.6. The molecule has 0 aliphatic carbocycles. The first-order chi connectivity index (χ1) is 7.79. The molecule has 0 aliphatic rings. The van der Waals surface area contributed by atoms with E-state index < -0.39 is 0 Å². The van der Waals surface area contributed by atoms with Gasteiger partial charge in [0.1, 0.15) is 5.75 Å². The number of hydrogen-bond donors (Lipinski definition) is 2. The molecule has 2 N–H and O–H groups in total. The van der Waals surface area contributed by atoms with Gasteiger partial charge < -0.3 is 10.4 Å². The van der Waals surface area contributed by atoms with Crippen molar-refractivity contribution in [3.05, 3.63) is 29.8 Å². The van der Waals surface area contributed by atoms with Crippen molar-refractivity contribution in [3.8, 4) is 17.6 Å². The van der Waals surface area contributed by atoms with Crippen LogP contribution >= 0.6 is 0 Å². The highest BCUT2D eigenvalue weighted by molar-refractivity contribution is 5.34. The lowest BCUT2D eigenvalue weighted by molar-refractivity contribution is 0.443.